The quantitative estimate of drug-likeness (QED) is 0.545. The molecule has 1 aliphatic carbocycles. The number of fused-ring (bicyclic) bond motifs is 1. The van der Waals surface area contributed by atoms with Gasteiger partial charge < -0.3 is 25.3 Å². The molecule has 4 rings (SSSR count). The summed E-state index contributed by atoms with van der Waals surface area (Å²) in [7, 11) is 0. The van der Waals surface area contributed by atoms with Crippen LogP contribution in [0.2, 0.25) is 0 Å². The molecule has 3 aromatic rings. The van der Waals surface area contributed by atoms with Crippen molar-refractivity contribution in [3.8, 4) is 11.4 Å². The monoisotopic (exact) mass is 420 g/mol. The van der Waals surface area contributed by atoms with Crippen LogP contribution in [0.3, 0.4) is 0 Å². The molecule has 0 bridgehead atoms. The summed E-state index contributed by atoms with van der Waals surface area (Å²) >= 11 is 0. The fourth-order valence-electron chi connectivity index (χ4n) is 3.95. The molecule has 1 heterocycles. The topological polar surface area (TPSA) is 97.7 Å². The molecule has 0 aliphatic heterocycles. The predicted molar refractivity (Wildman–Crippen MR) is 102 cm³/mol. The van der Waals surface area contributed by atoms with Crippen LogP contribution in [0, 0.1) is 5.92 Å². The number of benzene rings is 2. The Hall–Kier alpha value is -3.04. The van der Waals surface area contributed by atoms with Gasteiger partial charge in [0.15, 0.2) is 0 Å². The van der Waals surface area contributed by atoms with E-state index in [4.69, 9.17) is 5.73 Å². The van der Waals surface area contributed by atoms with Gasteiger partial charge in [-0.25, -0.2) is 0 Å². The van der Waals surface area contributed by atoms with Gasteiger partial charge in [0.2, 0.25) is 0 Å². The van der Waals surface area contributed by atoms with Crippen molar-refractivity contribution in [2.75, 3.05) is 0 Å². The summed E-state index contributed by atoms with van der Waals surface area (Å²) < 4.78 is 43.5. The molecular weight excluding hydrogens is 401 g/mol. The van der Waals surface area contributed by atoms with Gasteiger partial charge in [0.05, 0.1) is 17.1 Å². The molecule has 30 heavy (non-hydrogen) atoms. The van der Waals surface area contributed by atoms with Crippen LogP contribution in [0.1, 0.15) is 30.8 Å². The fourth-order valence-corrected chi connectivity index (χ4v) is 3.95. The van der Waals surface area contributed by atoms with E-state index < -0.39 is 35.6 Å². The molecular formula is C21H19F3N2O4. The number of hydrogen-bond donors (Lipinski definition) is 3. The lowest BCUT2D eigenvalue weighted by Crippen LogP contribution is -2.17. The largest absolute Gasteiger partial charge is 0.573 e. The van der Waals surface area contributed by atoms with Crippen molar-refractivity contribution < 1.29 is 32.9 Å². The van der Waals surface area contributed by atoms with Crippen molar-refractivity contribution in [1.82, 2.24) is 4.57 Å². The first-order valence-corrected chi connectivity index (χ1v) is 9.18. The number of nitrogens with zero attached hydrogens (tertiary/aromatic N) is 1. The van der Waals surface area contributed by atoms with Crippen LogP contribution < -0.4 is 10.5 Å². The summed E-state index contributed by atoms with van der Waals surface area (Å²) in [4.78, 5) is 11.4. The van der Waals surface area contributed by atoms with Gasteiger partial charge in [0.1, 0.15) is 12.0 Å². The zero-order valence-electron chi connectivity index (χ0n) is 15.8. The second-order valence-electron chi connectivity index (χ2n) is 7.68. The van der Waals surface area contributed by atoms with Gasteiger partial charge in [0.25, 0.3) is 0 Å². The molecule has 1 aromatic heterocycles. The summed E-state index contributed by atoms with van der Waals surface area (Å²) in [5.74, 6) is -1.77. The van der Waals surface area contributed by atoms with Crippen molar-refractivity contribution in [2.45, 2.75) is 31.3 Å². The maximum Gasteiger partial charge on any atom is 0.573 e. The minimum Gasteiger partial charge on any atom is -0.481 e. The van der Waals surface area contributed by atoms with E-state index in [1.807, 2.05) is 13.0 Å². The smallest absolute Gasteiger partial charge is 0.481 e. The van der Waals surface area contributed by atoms with Crippen LogP contribution in [-0.2, 0) is 10.2 Å². The second-order valence-corrected chi connectivity index (χ2v) is 7.68. The number of carboxylic acids is 1. The normalized spacial score (nSPS) is 22.1. The highest BCUT2D eigenvalue weighted by Crippen LogP contribution is 2.54. The number of aliphatic carboxylic acids is 1. The molecule has 158 valence electrons. The van der Waals surface area contributed by atoms with Gasteiger partial charge in [-0.1, -0.05) is 19.1 Å². The number of aliphatic hydroxyl groups is 1. The SMILES string of the molecule is CC1(c2cccc(-n3c(C(N)O)cc4ccc(OC(F)(F)F)cc43)c2)CC1C(=O)O. The number of nitrogens with two attached hydrogens (primary N) is 1. The molecule has 0 spiro atoms. The Kier molecular flexibility index (Phi) is 4.55. The molecule has 0 amide bonds. The third-order valence-corrected chi connectivity index (χ3v) is 5.64. The summed E-state index contributed by atoms with van der Waals surface area (Å²) in [5.41, 5.74) is 7.14. The Morgan fingerprint density at radius 3 is 2.60 bits per heavy atom. The lowest BCUT2D eigenvalue weighted by molar-refractivity contribution is -0.274. The number of alkyl halides is 3. The summed E-state index contributed by atoms with van der Waals surface area (Å²) in [6, 6.07) is 12.5. The van der Waals surface area contributed by atoms with Gasteiger partial charge in [-0.2, -0.15) is 0 Å². The molecule has 1 fully saturated rings. The van der Waals surface area contributed by atoms with Gasteiger partial charge in [-0.05, 0) is 42.3 Å². The van der Waals surface area contributed by atoms with Crippen LogP contribution in [0.25, 0.3) is 16.6 Å². The fraction of sp³-hybridized carbons (Fsp3) is 0.286. The first-order valence-electron chi connectivity index (χ1n) is 9.18. The zero-order chi connectivity index (χ0) is 21.8. The van der Waals surface area contributed by atoms with Crippen LogP contribution >= 0.6 is 0 Å². The van der Waals surface area contributed by atoms with E-state index in [2.05, 4.69) is 4.74 Å². The van der Waals surface area contributed by atoms with E-state index >= 15 is 0 Å². The standard InChI is InChI=1S/C21H19F3N2O4/c1-20(10-15(20)19(28)29)12-3-2-4-13(8-12)26-16-9-14(30-21(22,23)24)6-5-11(16)7-17(26)18(25)27/h2-9,15,18,27H,10,25H2,1H3,(H,28,29). The summed E-state index contributed by atoms with van der Waals surface area (Å²) in [6.45, 7) is 1.85. The number of aromatic nitrogens is 1. The maximum atomic E-state index is 12.7. The van der Waals surface area contributed by atoms with Gasteiger partial charge in [0, 0.05) is 22.6 Å². The van der Waals surface area contributed by atoms with E-state index in [-0.39, 0.29) is 5.69 Å². The van der Waals surface area contributed by atoms with Gasteiger partial charge >= 0.3 is 12.3 Å². The van der Waals surface area contributed by atoms with E-state index in [0.717, 1.165) is 5.56 Å². The molecule has 3 unspecified atom stereocenters. The Morgan fingerprint density at radius 2 is 2.00 bits per heavy atom. The van der Waals surface area contributed by atoms with E-state index in [9.17, 15) is 28.2 Å². The van der Waals surface area contributed by atoms with Gasteiger partial charge in [-0.15, -0.1) is 13.2 Å². The lowest BCUT2D eigenvalue weighted by atomic mass is 9.95. The van der Waals surface area contributed by atoms with Crippen LogP contribution in [0.4, 0.5) is 13.2 Å². The molecule has 6 nitrogen and oxygen atoms in total. The number of carboxylic acid groups (broad SMARTS) is 1. The van der Waals surface area contributed by atoms with Crippen LogP contribution in [-0.4, -0.2) is 27.1 Å². The Balaban J connectivity index is 1.85. The molecule has 1 aliphatic rings. The number of carbonyl (C=O) groups is 1. The third-order valence-electron chi connectivity index (χ3n) is 5.64. The van der Waals surface area contributed by atoms with Crippen molar-refractivity contribution in [3.05, 3.63) is 59.8 Å². The van der Waals surface area contributed by atoms with E-state index in [0.29, 0.717) is 23.0 Å². The molecule has 1 saturated carbocycles. The van der Waals surface area contributed by atoms with Crippen molar-refractivity contribution >= 4 is 16.9 Å². The minimum atomic E-state index is -4.84. The van der Waals surface area contributed by atoms with Crippen LogP contribution in [0.5, 0.6) is 5.75 Å². The lowest BCUT2D eigenvalue weighted by Gasteiger charge is -2.17. The number of aliphatic hydroxyl groups excluding tert-OH is 1. The molecule has 9 heteroatoms. The molecule has 4 N–H and O–H groups in total. The average Bonchev–Trinajstić information content (AvgIpc) is 3.21. The highest BCUT2D eigenvalue weighted by Gasteiger charge is 2.56. The van der Waals surface area contributed by atoms with E-state index in [1.165, 1.54) is 18.2 Å². The second kappa shape index (κ2) is 6.75. The van der Waals surface area contributed by atoms with E-state index in [1.54, 1.807) is 28.8 Å². The third kappa shape index (κ3) is 3.50. The zero-order valence-corrected chi connectivity index (χ0v) is 15.8. The molecule has 3 atom stereocenters. The Bertz CT molecular complexity index is 1140. The first kappa shape index (κ1) is 20.2. The maximum absolute atomic E-state index is 12.7. The molecule has 2 aromatic carbocycles. The predicted octanol–water partition coefficient (Wildman–Crippen LogP) is 3.84. The number of ether oxygens (including phenoxy) is 1. The number of rotatable bonds is 5. The Morgan fingerprint density at radius 1 is 1.27 bits per heavy atom. The minimum absolute atomic E-state index is 0.280. The summed E-state index contributed by atoms with van der Waals surface area (Å²) in [5, 5.41) is 19.9. The molecule has 0 saturated heterocycles. The van der Waals surface area contributed by atoms with Gasteiger partial charge in [-0.3, -0.25) is 4.79 Å². The average molecular weight is 420 g/mol. The van der Waals surface area contributed by atoms with Crippen molar-refractivity contribution in [1.29, 1.82) is 0 Å². The Labute approximate surface area is 169 Å². The molecule has 0 radical (unpaired) electrons. The summed E-state index contributed by atoms with van der Waals surface area (Å²) in [6.07, 6.45) is -5.72. The highest BCUT2D eigenvalue weighted by molar-refractivity contribution is 5.85. The number of halogens is 3. The van der Waals surface area contributed by atoms with Crippen molar-refractivity contribution in [2.24, 2.45) is 11.7 Å². The van der Waals surface area contributed by atoms with Crippen LogP contribution in [0.15, 0.2) is 48.5 Å². The first-order chi connectivity index (χ1) is 14.0. The highest BCUT2D eigenvalue weighted by atomic mass is 19.4. The number of hydrogen-bond acceptors (Lipinski definition) is 4. The van der Waals surface area contributed by atoms with Crippen molar-refractivity contribution in [3.63, 3.8) is 0 Å².